The summed E-state index contributed by atoms with van der Waals surface area (Å²) in [6.45, 7) is 6.22. The first-order valence-electron chi connectivity index (χ1n) is 8.65. The number of thiazole rings is 1. The van der Waals surface area contributed by atoms with E-state index in [4.69, 9.17) is 0 Å². The molecule has 3 aromatic rings. The lowest BCUT2D eigenvalue weighted by Gasteiger charge is -2.11. The fourth-order valence-electron chi connectivity index (χ4n) is 3.35. The quantitative estimate of drug-likeness (QED) is 0.696. The van der Waals surface area contributed by atoms with Gasteiger partial charge in [0.05, 0.1) is 17.1 Å². The molecule has 27 heavy (non-hydrogen) atoms. The van der Waals surface area contributed by atoms with E-state index in [1.165, 1.54) is 11.6 Å². The van der Waals surface area contributed by atoms with Crippen molar-refractivity contribution in [1.29, 1.82) is 0 Å². The number of rotatable bonds is 3. The predicted molar refractivity (Wildman–Crippen MR) is 105 cm³/mol. The van der Waals surface area contributed by atoms with Crippen LogP contribution >= 0.6 is 11.3 Å². The van der Waals surface area contributed by atoms with Crippen LogP contribution < -0.4 is 16.6 Å². The Hall–Kier alpha value is -2.94. The standard InChI is InChI=1S/C18H19N5O3S/c1-5-6-22-15-13(16(25)21(4)18(22)26)14(24)11(20-15)7-12-10(3)19-17-23(12)8-9(2)27-17/h7-8,20H,5-6H2,1-4H3/b11-7-. The van der Waals surface area contributed by atoms with E-state index in [0.29, 0.717) is 13.0 Å². The minimum atomic E-state index is -0.579. The number of imidazole rings is 1. The molecule has 0 unspecified atom stereocenters. The van der Waals surface area contributed by atoms with Crippen molar-refractivity contribution in [3.8, 4) is 0 Å². The highest BCUT2D eigenvalue weighted by Crippen LogP contribution is 2.28. The second-order valence-electron chi connectivity index (χ2n) is 6.61. The van der Waals surface area contributed by atoms with Crippen LogP contribution in [0.15, 0.2) is 21.5 Å². The van der Waals surface area contributed by atoms with Crippen molar-refractivity contribution < 1.29 is 4.79 Å². The molecule has 0 saturated heterocycles. The molecule has 9 heteroatoms. The Morgan fingerprint density at radius 3 is 2.70 bits per heavy atom. The van der Waals surface area contributed by atoms with Gasteiger partial charge in [0.25, 0.3) is 5.56 Å². The molecular weight excluding hydrogens is 366 g/mol. The summed E-state index contributed by atoms with van der Waals surface area (Å²) in [7, 11) is 1.39. The SMILES string of the molecule is CCCn1c2c(c(=O)n(C)c1=O)C(=O)/C(=C/c1c(C)nc3sc(C)cn13)N2. The number of nitrogens with one attached hydrogen (secondary N) is 1. The molecule has 1 aliphatic rings. The fraction of sp³-hybridized carbons (Fsp3) is 0.333. The Morgan fingerprint density at radius 2 is 2.00 bits per heavy atom. The lowest BCUT2D eigenvalue weighted by Crippen LogP contribution is -2.40. The van der Waals surface area contributed by atoms with E-state index < -0.39 is 17.0 Å². The summed E-state index contributed by atoms with van der Waals surface area (Å²) in [6.07, 6.45) is 4.37. The van der Waals surface area contributed by atoms with Gasteiger partial charge in [-0.05, 0) is 26.3 Å². The van der Waals surface area contributed by atoms with Crippen LogP contribution in [0.25, 0.3) is 11.0 Å². The second-order valence-corrected chi connectivity index (χ2v) is 7.82. The predicted octanol–water partition coefficient (Wildman–Crippen LogP) is 1.93. The van der Waals surface area contributed by atoms with Crippen LogP contribution in [0.5, 0.6) is 0 Å². The van der Waals surface area contributed by atoms with Crippen molar-refractivity contribution >= 4 is 34.0 Å². The Bertz CT molecular complexity index is 1250. The average Bonchev–Trinajstić information content (AvgIpc) is 3.22. The van der Waals surface area contributed by atoms with Gasteiger partial charge in [-0.2, -0.15) is 0 Å². The number of carbonyl (C=O) groups is 1. The van der Waals surface area contributed by atoms with E-state index in [0.717, 1.165) is 25.8 Å². The van der Waals surface area contributed by atoms with Crippen LogP contribution in [0.1, 0.15) is 40.0 Å². The zero-order chi connectivity index (χ0) is 19.5. The van der Waals surface area contributed by atoms with Gasteiger partial charge in [0.1, 0.15) is 11.4 Å². The first-order valence-corrected chi connectivity index (χ1v) is 9.47. The Balaban J connectivity index is 1.91. The normalized spacial score (nSPS) is 15.0. The molecule has 0 saturated carbocycles. The van der Waals surface area contributed by atoms with Gasteiger partial charge in [0, 0.05) is 24.7 Å². The van der Waals surface area contributed by atoms with Crippen molar-refractivity contribution in [2.45, 2.75) is 33.7 Å². The van der Waals surface area contributed by atoms with E-state index in [1.54, 1.807) is 17.4 Å². The van der Waals surface area contributed by atoms with Crippen molar-refractivity contribution in [3.05, 3.63) is 54.6 Å². The summed E-state index contributed by atoms with van der Waals surface area (Å²) in [5, 5.41) is 3.01. The summed E-state index contributed by atoms with van der Waals surface area (Å²) >= 11 is 1.57. The number of allylic oxidation sites excluding steroid dienone is 1. The topological polar surface area (TPSA) is 90.4 Å². The maximum atomic E-state index is 12.9. The zero-order valence-corrected chi connectivity index (χ0v) is 16.3. The highest BCUT2D eigenvalue weighted by Gasteiger charge is 2.32. The molecule has 0 radical (unpaired) electrons. The fourth-order valence-corrected chi connectivity index (χ4v) is 4.22. The Kier molecular flexibility index (Phi) is 3.92. The number of hydrogen-bond acceptors (Lipinski definition) is 6. The first-order chi connectivity index (χ1) is 12.8. The van der Waals surface area contributed by atoms with Crippen LogP contribution in [-0.4, -0.2) is 24.3 Å². The lowest BCUT2D eigenvalue weighted by molar-refractivity contribution is 0.104. The maximum absolute atomic E-state index is 12.9. The largest absolute Gasteiger partial charge is 0.337 e. The number of fused-ring (bicyclic) bond motifs is 2. The monoisotopic (exact) mass is 385 g/mol. The second kappa shape index (κ2) is 6.05. The van der Waals surface area contributed by atoms with Crippen molar-refractivity contribution in [3.63, 3.8) is 0 Å². The van der Waals surface area contributed by atoms with Gasteiger partial charge < -0.3 is 5.32 Å². The van der Waals surface area contributed by atoms with Gasteiger partial charge in [-0.3, -0.25) is 23.1 Å². The molecular formula is C18H19N5O3S. The summed E-state index contributed by atoms with van der Waals surface area (Å²) in [4.78, 5) is 44.4. The number of anilines is 1. The van der Waals surface area contributed by atoms with Gasteiger partial charge in [-0.15, -0.1) is 11.3 Å². The molecule has 4 rings (SSSR count). The molecule has 1 N–H and O–H groups in total. The maximum Gasteiger partial charge on any atom is 0.332 e. The molecule has 8 nitrogen and oxygen atoms in total. The third kappa shape index (κ3) is 2.49. The number of nitrogens with zero attached hydrogens (tertiary/aromatic N) is 4. The third-order valence-electron chi connectivity index (χ3n) is 4.66. The van der Waals surface area contributed by atoms with Gasteiger partial charge in [0.2, 0.25) is 5.78 Å². The van der Waals surface area contributed by atoms with Gasteiger partial charge in [-0.25, -0.2) is 9.78 Å². The van der Waals surface area contributed by atoms with E-state index in [-0.39, 0.29) is 17.1 Å². The van der Waals surface area contributed by atoms with Gasteiger partial charge >= 0.3 is 5.69 Å². The molecule has 0 amide bonds. The number of aryl methyl sites for hydroxylation is 2. The van der Waals surface area contributed by atoms with Gasteiger partial charge in [0.15, 0.2) is 4.96 Å². The number of carbonyl (C=O) groups excluding carboxylic acids is 1. The minimum Gasteiger partial charge on any atom is -0.337 e. The molecule has 0 aromatic carbocycles. The smallest absolute Gasteiger partial charge is 0.332 e. The van der Waals surface area contributed by atoms with Crippen molar-refractivity contribution in [1.82, 2.24) is 18.5 Å². The summed E-state index contributed by atoms with van der Waals surface area (Å²) in [6, 6.07) is 0. The van der Waals surface area contributed by atoms with E-state index >= 15 is 0 Å². The number of hydrogen-bond donors (Lipinski definition) is 1. The van der Waals surface area contributed by atoms with Crippen molar-refractivity contribution in [2.75, 3.05) is 5.32 Å². The molecule has 4 heterocycles. The van der Waals surface area contributed by atoms with Crippen LogP contribution in [0.3, 0.4) is 0 Å². The third-order valence-corrected chi connectivity index (χ3v) is 5.56. The summed E-state index contributed by atoms with van der Waals surface area (Å²) in [5.74, 6) is -0.127. The lowest BCUT2D eigenvalue weighted by atomic mass is 10.1. The molecule has 0 aliphatic carbocycles. The van der Waals surface area contributed by atoms with Crippen molar-refractivity contribution in [2.24, 2.45) is 7.05 Å². The number of ketones is 1. The zero-order valence-electron chi connectivity index (χ0n) is 15.5. The highest BCUT2D eigenvalue weighted by atomic mass is 32.1. The van der Waals surface area contributed by atoms with Crippen LogP contribution in [0.2, 0.25) is 0 Å². The molecule has 0 atom stereocenters. The minimum absolute atomic E-state index is 0.0108. The molecule has 3 aromatic heterocycles. The van der Waals surface area contributed by atoms with E-state index in [2.05, 4.69) is 10.3 Å². The van der Waals surface area contributed by atoms with Crippen LogP contribution in [0.4, 0.5) is 5.82 Å². The van der Waals surface area contributed by atoms with E-state index in [1.807, 2.05) is 31.4 Å². The Morgan fingerprint density at radius 1 is 1.26 bits per heavy atom. The highest BCUT2D eigenvalue weighted by molar-refractivity contribution is 7.17. The number of Topliss-reactive ketones (excluding diaryl/α,β-unsaturated/α-hetero) is 1. The molecule has 140 valence electrons. The van der Waals surface area contributed by atoms with Gasteiger partial charge in [-0.1, -0.05) is 6.92 Å². The molecule has 0 fully saturated rings. The Labute approximate surface area is 158 Å². The molecule has 0 bridgehead atoms. The summed E-state index contributed by atoms with van der Waals surface area (Å²) in [5.41, 5.74) is 0.837. The van der Waals surface area contributed by atoms with Crippen LogP contribution in [-0.2, 0) is 13.6 Å². The first kappa shape index (κ1) is 17.5. The van der Waals surface area contributed by atoms with E-state index in [9.17, 15) is 14.4 Å². The van der Waals surface area contributed by atoms with Crippen LogP contribution in [0, 0.1) is 13.8 Å². The molecule has 0 spiro atoms. The molecule has 1 aliphatic heterocycles. The number of aromatic nitrogens is 4. The summed E-state index contributed by atoms with van der Waals surface area (Å²) < 4.78 is 4.36. The average molecular weight is 385 g/mol.